The summed E-state index contributed by atoms with van der Waals surface area (Å²) in [6.45, 7) is 1.69. The molecule has 3 N–H and O–H groups in total. The molecule has 1 heterocycles. The van der Waals surface area contributed by atoms with Crippen molar-refractivity contribution < 1.29 is 9.18 Å². The molecule has 74 valence electrons. The van der Waals surface area contributed by atoms with Crippen LogP contribution in [0.5, 0.6) is 0 Å². The summed E-state index contributed by atoms with van der Waals surface area (Å²) in [5.41, 5.74) is 7.00. The summed E-state index contributed by atoms with van der Waals surface area (Å²) >= 11 is 0. The second-order valence-electron chi connectivity index (χ2n) is 3.52. The quantitative estimate of drug-likeness (QED) is 0.644. The highest BCUT2D eigenvalue weighted by atomic mass is 19.1. The maximum atomic E-state index is 12.9. The van der Waals surface area contributed by atoms with Gasteiger partial charge in [-0.2, -0.15) is 0 Å². The van der Waals surface area contributed by atoms with E-state index in [1.54, 1.807) is 19.1 Å². The van der Waals surface area contributed by atoms with Crippen LogP contribution in [0.3, 0.4) is 0 Å². The maximum absolute atomic E-state index is 12.9. The molecule has 0 aliphatic carbocycles. The van der Waals surface area contributed by atoms with Crippen LogP contribution in [0.15, 0.2) is 18.2 Å². The van der Waals surface area contributed by atoms with Gasteiger partial charge in [0.1, 0.15) is 11.9 Å². The topological polar surface area (TPSA) is 55.1 Å². The Bertz CT molecular complexity index is 392. The van der Waals surface area contributed by atoms with Crippen molar-refractivity contribution in [3.8, 4) is 0 Å². The summed E-state index contributed by atoms with van der Waals surface area (Å²) in [7, 11) is 0. The molecule has 2 unspecified atom stereocenters. The van der Waals surface area contributed by atoms with E-state index in [4.69, 9.17) is 5.73 Å². The number of nitrogens with one attached hydrogen (secondary N) is 1. The molecule has 14 heavy (non-hydrogen) atoms. The number of aryl methyl sites for hydroxylation is 1. The Morgan fingerprint density at radius 2 is 2.21 bits per heavy atom. The molecule has 4 heteroatoms. The summed E-state index contributed by atoms with van der Waals surface area (Å²) in [6.07, 6.45) is 0. The Morgan fingerprint density at radius 3 is 2.71 bits per heavy atom. The van der Waals surface area contributed by atoms with Crippen molar-refractivity contribution in [3.63, 3.8) is 0 Å². The predicted octanol–water partition coefficient (Wildman–Crippen LogP) is 0.632. The number of hydrogen-bond donors (Lipinski definition) is 2. The van der Waals surface area contributed by atoms with Gasteiger partial charge in [0.2, 0.25) is 5.91 Å². The summed E-state index contributed by atoms with van der Waals surface area (Å²) in [5, 5.41) is 2.67. The maximum Gasteiger partial charge on any atom is 0.239 e. The van der Waals surface area contributed by atoms with Crippen LogP contribution in [0, 0.1) is 12.7 Å². The largest absolute Gasteiger partial charge is 0.346 e. The van der Waals surface area contributed by atoms with E-state index >= 15 is 0 Å². The molecule has 0 bridgehead atoms. The van der Waals surface area contributed by atoms with Crippen molar-refractivity contribution in [1.82, 2.24) is 5.32 Å². The second-order valence-corrected chi connectivity index (χ2v) is 3.52. The van der Waals surface area contributed by atoms with Crippen molar-refractivity contribution in [2.24, 2.45) is 5.73 Å². The molecule has 0 saturated carbocycles. The molecule has 1 aliphatic rings. The molecular formula is C10H11FN2O. The smallest absolute Gasteiger partial charge is 0.239 e. The van der Waals surface area contributed by atoms with E-state index < -0.39 is 6.04 Å². The number of hydrogen-bond acceptors (Lipinski definition) is 2. The Kier molecular flexibility index (Phi) is 2.00. The lowest BCUT2D eigenvalue weighted by Gasteiger charge is -2.34. The zero-order chi connectivity index (χ0) is 10.3. The first-order valence-corrected chi connectivity index (χ1v) is 4.41. The highest BCUT2D eigenvalue weighted by molar-refractivity contribution is 5.89. The van der Waals surface area contributed by atoms with Crippen LogP contribution < -0.4 is 11.1 Å². The fourth-order valence-corrected chi connectivity index (χ4v) is 1.55. The van der Waals surface area contributed by atoms with Crippen LogP contribution in [0.25, 0.3) is 0 Å². The molecule has 0 aromatic heterocycles. The lowest BCUT2D eigenvalue weighted by molar-refractivity contribution is -0.130. The van der Waals surface area contributed by atoms with Gasteiger partial charge in [-0.15, -0.1) is 0 Å². The lowest BCUT2D eigenvalue weighted by Crippen LogP contribution is -2.60. The molecule has 1 amide bonds. The Morgan fingerprint density at radius 1 is 1.50 bits per heavy atom. The normalized spacial score (nSPS) is 25.5. The molecule has 3 nitrogen and oxygen atoms in total. The number of nitrogens with two attached hydrogens (primary N) is 1. The molecule has 0 radical (unpaired) electrons. The first-order valence-electron chi connectivity index (χ1n) is 4.41. The van der Waals surface area contributed by atoms with E-state index in [9.17, 15) is 9.18 Å². The minimum Gasteiger partial charge on any atom is -0.346 e. The third-order valence-corrected chi connectivity index (χ3v) is 2.50. The van der Waals surface area contributed by atoms with Crippen LogP contribution in [-0.4, -0.2) is 11.9 Å². The minimum atomic E-state index is -0.500. The standard InChI is InChI=1S/C10H11FN2O/c1-5-4-6(2-3-7(5)11)9-8(12)10(14)13-9/h2-4,8-9H,12H2,1H3,(H,13,14). The Balaban J connectivity index is 2.26. The summed E-state index contributed by atoms with van der Waals surface area (Å²) in [5.74, 6) is -0.398. The molecule has 1 aromatic rings. The van der Waals surface area contributed by atoms with Crippen LogP contribution in [0.2, 0.25) is 0 Å². The number of rotatable bonds is 1. The Labute approximate surface area is 81.1 Å². The molecular weight excluding hydrogens is 183 g/mol. The molecule has 0 spiro atoms. The van der Waals surface area contributed by atoms with Gasteiger partial charge in [0, 0.05) is 0 Å². The van der Waals surface area contributed by atoms with Crippen LogP contribution >= 0.6 is 0 Å². The fraction of sp³-hybridized carbons (Fsp3) is 0.300. The zero-order valence-electron chi connectivity index (χ0n) is 7.75. The van der Waals surface area contributed by atoms with Gasteiger partial charge in [-0.25, -0.2) is 4.39 Å². The van der Waals surface area contributed by atoms with E-state index in [2.05, 4.69) is 5.32 Å². The molecule has 2 rings (SSSR count). The first kappa shape index (κ1) is 9.15. The lowest BCUT2D eigenvalue weighted by atomic mass is 9.91. The number of carbonyl (C=O) groups is 1. The van der Waals surface area contributed by atoms with Crippen molar-refractivity contribution in [2.75, 3.05) is 0 Å². The molecule has 1 aliphatic heterocycles. The molecule has 1 aromatic carbocycles. The van der Waals surface area contributed by atoms with Crippen LogP contribution in [0.4, 0.5) is 4.39 Å². The Hall–Kier alpha value is -1.42. The van der Waals surface area contributed by atoms with Gasteiger partial charge in [-0.3, -0.25) is 4.79 Å². The third kappa shape index (κ3) is 1.28. The SMILES string of the molecule is Cc1cc(C2NC(=O)C2N)ccc1F. The van der Waals surface area contributed by atoms with Crippen LogP contribution in [-0.2, 0) is 4.79 Å². The van der Waals surface area contributed by atoms with Crippen molar-refractivity contribution >= 4 is 5.91 Å². The predicted molar refractivity (Wildman–Crippen MR) is 50.0 cm³/mol. The monoisotopic (exact) mass is 194 g/mol. The van der Waals surface area contributed by atoms with Crippen molar-refractivity contribution in [3.05, 3.63) is 35.1 Å². The van der Waals surface area contributed by atoms with Crippen LogP contribution in [0.1, 0.15) is 17.2 Å². The van der Waals surface area contributed by atoms with Gasteiger partial charge in [0.15, 0.2) is 0 Å². The average Bonchev–Trinajstić information content (AvgIpc) is 2.18. The fourth-order valence-electron chi connectivity index (χ4n) is 1.55. The van der Waals surface area contributed by atoms with E-state index in [-0.39, 0.29) is 17.8 Å². The van der Waals surface area contributed by atoms with Gasteiger partial charge in [0.05, 0.1) is 6.04 Å². The minimum absolute atomic E-state index is 0.156. The van der Waals surface area contributed by atoms with Gasteiger partial charge >= 0.3 is 0 Å². The number of carbonyl (C=O) groups excluding carboxylic acids is 1. The van der Waals surface area contributed by atoms with E-state index in [1.807, 2.05) is 0 Å². The molecule has 1 saturated heterocycles. The summed E-state index contributed by atoms with van der Waals surface area (Å²) in [4.78, 5) is 10.9. The number of benzene rings is 1. The number of β-lactam (4-membered cyclic amide) rings is 1. The summed E-state index contributed by atoms with van der Waals surface area (Å²) in [6, 6.07) is 4.08. The molecule has 1 fully saturated rings. The highest BCUT2D eigenvalue weighted by Crippen LogP contribution is 2.24. The van der Waals surface area contributed by atoms with E-state index in [0.717, 1.165) is 5.56 Å². The van der Waals surface area contributed by atoms with Gasteiger partial charge in [-0.05, 0) is 24.1 Å². The van der Waals surface area contributed by atoms with E-state index in [1.165, 1.54) is 6.07 Å². The van der Waals surface area contributed by atoms with Gasteiger partial charge in [0.25, 0.3) is 0 Å². The van der Waals surface area contributed by atoms with Gasteiger partial charge < -0.3 is 11.1 Å². The second kappa shape index (κ2) is 3.06. The average molecular weight is 194 g/mol. The first-order chi connectivity index (χ1) is 6.59. The van der Waals surface area contributed by atoms with E-state index in [0.29, 0.717) is 5.56 Å². The number of halogens is 1. The third-order valence-electron chi connectivity index (χ3n) is 2.50. The van der Waals surface area contributed by atoms with Crippen molar-refractivity contribution in [1.29, 1.82) is 0 Å². The van der Waals surface area contributed by atoms with Gasteiger partial charge in [-0.1, -0.05) is 12.1 Å². The highest BCUT2D eigenvalue weighted by Gasteiger charge is 2.37. The van der Waals surface area contributed by atoms with Crippen molar-refractivity contribution in [2.45, 2.75) is 19.0 Å². The molecule has 2 atom stereocenters. The zero-order valence-corrected chi connectivity index (χ0v) is 7.75. The number of amides is 1. The summed E-state index contributed by atoms with van der Waals surface area (Å²) < 4.78 is 12.9.